The van der Waals surface area contributed by atoms with E-state index in [0.717, 1.165) is 5.56 Å². The minimum Gasteiger partial charge on any atom is -0.496 e. The summed E-state index contributed by atoms with van der Waals surface area (Å²) in [4.78, 5) is 29.7. The lowest BCUT2D eigenvalue weighted by Crippen LogP contribution is -2.24. The maximum absolute atomic E-state index is 13.0. The number of anilines is 1. The van der Waals surface area contributed by atoms with Crippen molar-refractivity contribution in [3.8, 4) is 5.75 Å². The fraction of sp³-hybridized carbons (Fsp3) is 0.100. The van der Waals surface area contributed by atoms with Crippen molar-refractivity contribution in [3.05, 3.63) is 82.5 Å². The zero-order chi connectivity index (χ0) is 19.5. The number of H-pyrrole nitrogens is 1. The first-order valence-electron chi connectivity index (χ1n) is 8.58. The van der Waals surface area contributed by atoms with Crippen molar-refractivity contribution in [2.24, 2.45) is 0 Å². The molecule has 0 spiro atoms. The Kier molecular flexibility index (Phi) is 4.59. The molecule has 2 aromatic carbocycles. The lowest BCUT2D eigenvalue weighted by Gasteiger charge is -2.14. The van der Waals surface area contributed by atoms with Crippen LogP contribution in [0.25, 0.3) is 10.8 Å². The van der Waals surface area contributed by atoms with Crippen molar-refractivity contribution in [1.29, 1.82) is 0 Å². The second-order valence-corrected chi connectivity index (χ2v) is 6.12. The molecular formula is C20H17N5O3. The maximum Gasteiger partial charge on any atom is 0.260 e. The van der Waals surface area contributed by atoms with Crippen LogP contribution in [0.3, 0.4) is 0 Å². The second-order valence-electron chi connectivity index (χ2n) is 6.12. The fourth-order valence-corrected chi connectivity index (χ4v) is 3.10. The smallest absolute Gasteiger partial charge is 0.260 e. The number of hydrogen-bond acceptors (Lipinski definition) is 5. The lowest BCUT2D eigenvalue weighted by atomic mass is 10.1. The van der Waals surface area contributed by atoms with Crippen LogP contribution in [0.5, 0.6) is 5.75 Å². The first kappa shape index (κ1) is 17.5. The normalized spacial score (nSPS) is 10.8. The Hall–Kier alpha value is -3.94. The summed E-state index contributed by atoms with van der Waals surface area (Å²) in [6, 6.07) is 14.5. The number of amides is 1. The minimum atomic E-state index is -0.387. The van der Waals surface area contributed by atoms with Gasteiger partial charge in [-0.15, -0.1) is 0 Å². The van der Waals surface area contributed by atoms with Gasteiger partial charge in [-0.25, -0.2) is 5.10 Å². The first-order chi connectivity index (χ1) is 13.7. The lowest BCUT2D eigenvalue weighted by molar-refractivity contribution is 0.102. The van der Waals surface area contributed by atoms with Gasteiger partial charge in [0.05, 0.1) is 19.2 Å². The van der Waals surface area contributed by atoms with Crippen molar-refractivity contribution in [2.45, 2.75) is 6.54 Å². The van der Waals surface area contributed by atoms with Crippen LogP contribution in [0.1, 0.15) is 15.9 Å². The summed E-state index contributed by atoms with van der Waals surface area (Å²) in [6.07, 6.45) is 2.86. The Bertz CT molecular complexity index is 1200. The monoisotopic (exact) mass is 375 g/mol. The number of carbonyl (C=O) groups is 1. The molecule has 8 nitrogen and oxygen atoms in total. The number of para-hydroxylation sites is 1. The molecular weight excluding hydrogens is 358 g/mol. The molecule has 2 N–H and O–H groups in total. The predicted octanol–water partition coefficient (Wildman–Crippen LogP) is 2.43. The van der Waals surface area contributed by atoms with Crippen molar-refractivity contribution < 1.29 is 9.53 Å². The SMILES string of the molecule is COc1ccccc1Cn1cc(C(=O)Nc2ncn[nH]2)c2ccccc2c1=O. The van der Waals surface area contributed by atoms with E-state index in [9.17, 15) is 9.59 Å². The zero-order valence-corrected chi connectivity index (χ0v) is 15.0. The highest BCUT2D eigenvalue weighted by Gasteiger charge is 2.16. The molecule has 0 fully saturated rings. The number of nitrogens with one attached hydrogen (secondary N) is 2. The third-order valence-corrected chi connectivity index (χ3v) is 4.42. The molecule has 2 aromatic heterocycles. The molecule has 28 heavy (non-hydrogen) atoms. The van der Waals surface area contributed by atoms with Gasteiger partial charge in [0.1, 0.15) is 12.1 Å². The molecule has 2 heterocycles. The van der Waals surface area contributed by atoms with Gasteiger partial charge in [0.15, 0.2) is 0 Å². The van der Waals surface area contributed by atoms with E-state index in [4.69, 9.17) is 4.74 Å². The van der Waals surface area contributed by atoms with Crippen molar-refractivity contribution in [1.82, 2.24) is 19.7 Å². The summed E-state index contributed by atoms with van der Waals surface area (Å²) in [6.45, 7) is 0.274. The Balaban J connectivity index is 1.82. The van der Waals surface area contributed by atoms with Gasteiger partial charge in [-0.2, -0.15) is 10.1 Å². The number of ether oxygens (including phenoxy) is 1. The van der Waals surface area contributed by atoms with Gasteiger partial charge in [-0.3, -0.25) is 14.9 Å². The topological polar surface area (TPSA) is 102 Å². The molecule has 140 valence electrons. The predicted molar refractivity (Wildman–Crippen MR) is 105 cm³/mol. The molecule has 0 bridgehead atoms. The Labute approximate surface area is 159 Å². The van der Waals surface area contributed by atoms with Crippen LogP contribution in [0.15, 0.2) is 65.8 Å². The number of pyridine rings is 1. The van der Waals surface area contributed by atoms with Gasteiger partial charge >= 0.3 is 0 Å². The molecule has 1 amide bonds. The quantitative estimate of drug-likeness (QED) is 0.558. The van der Waals surface area contributed by atoms with Gasteiger partial charge in [0.2, 0.25) is 5.95 Å². The van der Waals surface area contributed by atoms with E-state index in [1.165, 1.54) is 10.9 Å². The summed E-state index contributed by atoms with van der Waals surface area (Å²) >= 11 is 0. The van der Waals surface area contributed by atoms with E-state index in [1.54, 1.807) is 37.6 Å². The van der Waals surface area contributed by atoms with Crippen LogP contribution in [0.2, 0.25) is 0 Å². The number of hydrogen-bond donors (Lipinski definition) is 2. The van der Waals surface area contributed by atoms with Gasteiger partial charge < -0.3 is 9.30 Å². The summed E-state index contributed by atoms with van der Waals surface area (Å²) in [5.41, 5.74) is 1.02. The fourth-order valence-electron chi connectivity index (χ4n) is 3.10. The molecule has 4 rings (SSSR count). The van der Waals surface area contributed by atoms with Gasteiger partial charge in [0.25, 0.3) is 11.5 Å². The number of aromatic nitrogens is 4. The van der Waals surface area contributed by atoms with Crippen molar-refractivity contribution in [2.75, 3.05) is 12.4 Å². The minimum absolute atomic E-state index is 0.183. The van der Waals surface area contributed by atoms with Crippen molar-refractivity contribution >= 4 is 22.6 Å². The molecule has 0 aliphatic heterocycles. The van der Waals surface area contributed by atoms with Crippen LogP contribution in [0, 0.1) is 0 Å². The molecule has 0 saturated heterocycles. The van der Waals surface area contributed by atoms with E-state index in [-0.39, 0.29) is 24.0 Å². The number of benzene rings is 2. The highest BCUT2D eigenvalue weighted by molar-refractivity contribution is 6.12. The molecule has 0 atom stereocenters. The summed E-state index contributed by atoms with van der Waals surface area (Å²) < 4.78 is 6.89. The Morgan fingerprint density at radius 2 is 1.89 bits per heavy atom. The van der Waals surface area contributed by atoms with Crippen LogP contribution in [-0.2, 0) is 6.54 Å². The van der Waals surface area contributed by atoms with E-state index >= 15 is 0 Å². The maximum atomic E-state index is 13.0. The number of carbonyl (C=O) groups excluding carboxylic acids is 1. The van der Waals surface area contributed by atoms with Crippen LogP contribution >= 0.6 is 0 Å². The average Bonchev–Trinajstić information content (AvgIpc) is 3.23. The number of nitrogens with zero attached hydrogens (tertiary/aromatic N) is 3. The molecule has 0 aliphatic carbocycles. The molecule has 0 saturated carbocycles. The molecule has 0 aliphatic rings. The van der Waals surface area contributed by atoms with Gasteiger partial charge in [-0.05, 0) is 12.1 Å². The van der Waals surface area contributed by atoms with Crippen LogP contribution in [0.4, 0.5) is 5.95 Å². The van der Waals surface area contributed by atoms with E-state index in [2.05, 4.69) is 20.5 Å². The highest BCUT2D eigenvalue weighted by atomic mass is 16.5. The van der Waals surface area contributed by atoms with Crippen LogP contribution < -0.4 is 15.6 Å². The molecule has 0 radical (unpaired) electrons. The van der Waals surface area contributed by atoms with E-state index < -0.39 is 0 Å². The third kappa shape index (κ3) is 3.23. The average molecular weight is 375 g/mol. The largest absolute Gasteiger partial charge is 0.496 e. The first-order valence-corrected chi connectivity index (χ1v) is 8.58. The van der Waals surface area contributed by atoms with E-state index in [0.29, 0.717) is 22.1 Å². The zero-order valence-electron chi connectivity index (χ0n) is 15.0. The molecule has 8 heteroatoms. The summed E-state index contributed by atoms with van der Waals surface area (Å²) in [5.74, 6) is 0.522. The number of fused-ring (bicyclic) bond motifs is 1. The van der Waals surface area contributed by atoms with Gasteiger partial charge in [0, 0.05) is 22.5 Å². The molecule has 4 aromatic rings. The number of aromatic amines is 1. The highest BCUT2D eigenvalue weighted by Crippen LogP contribution is 2.20. The number of methoxy groups -OCH3 is 1. The van der Waals surface area contributed by atoms with Crippen molar-refractivity contribution in [3.63, 3.8) is 0 Å². The standard InChI is InChI=1S/C20H17N5O3/c1-28-17-9-5-2-6-13(17)10-25-11-16(18(26)23-20-21-12-22-24-20)14-7-3-4-8-15(14)19(25)27/h2-9,11-12H,10H2,1H3,(H2,21,22,23,24,26). The Morgan fingerprint density at radius 1 is 1.14 bits per heavy atom. The Morgan fingerprint density at radius 3 is 2.64 bits per heavy atom. The van der Waals surface area contributed by atoms with E-state index in [1.807, 2.05) is 24.3 Å². The summed E-state index contributed by atoms with van der Waals surface area (Å²) in [5, 5.41) is 9.99. The molecule has 0 unspecified atom stereocenters. The second kappa shape index (κ2) is 7.36. The number of rotatable bonds is 5. The summed E-state index contributed by atoms with van der Waals surface area (Å²) in [7, 11) is 1.58. The van der Waals surface area contributed by atoms with Crippen LogP contribution in [-0.4, -0.2) is 32.8 Å². The third-order valence-electron chi connectivity index (χ3n) is 4.42. The van der Waals surface area contributed by atoms with Gasteiger partial charge in [-0.1, -0.05) is 36.4 Å².